The molecule has 4 saturated carbocycles. The number of carbonyl (C=O) groups is 1. The third-order valence-corrected chi connectivity index (χ3v) is 10.4. The van der Waals surface area contributed by atoms with Crippen LogP contribution in [0.2, 0.25) is 10.0 Å². The van der Waals surface area contributed by atoms with Crippen molar-refractivity contribution in [3.8, 4) is 0 Å². The highest BCUT2D eigenvalue weighted by Crippen LogP contribution is 2.61. The second kappa shape index (κ2) is 9.91. The van der Waals surface area contributed by atoms with Crippen molar-refractivity contribution >= 4 is 46.2 Å². The lowest BCUT2D eigenvalue weighted by Crippen LogP contribution is -2.53. The van der Waals surface area contributed by atoms with Crippen LogP contribution in [0.25, 0.3) is 0 Å². The van der Waals surface area contributed by atoms with Crippen LogP contribution in [-0.4, -0.2) is 48.0 Å². The van der Waals surface area contributed by atoms with Crippen LogP contribution in [-0.2, 0) is 0 Å². The van der Waals surface area contributed by atoms with Gasteiger partial charge in [0, 0.05) is 49.5 Å². The summed E-state index contributed by atoms with van der Waals surface area (Å²) in [6.07, 6.45) is 7.86. The molecule has 0 unspecified atom stereocenters. The van der Waals surface area contributed by atoms with E-state index in [4.69, 9.17) is 23.2 Å². The summed E-state index contributed by atoms with van der Waals surface area (Å²) >= 11 is 12.1. The maximum atomic E-state index is 13.0. The van der Waals surface area contributed by atoms with E-state index in [0.717, 1.165) is 23.4 Å². The number of nitrogens with one attached hydrogen (secondary N) is 1. The molecule has 7 nitrogen and oxygen atoms in total. The molecule has 5 fully saturated rings. The summed E-state index contributed by atoms with van der Waals surface area (Å²) in [6.45, 7) is 4.64. The van der Waals surface area contributed by atoms with Gasteiger partial charge in [0.1, 0.15) is 5.69 Å². The minimum absolute atomic E-state index is 0.0707. The van der Waals surface area contributed by atoms with Crippen molar-refractivity contribution in [1.82, 2.24) is 4.90 Å². The first-order valence-electron chi connectivity index (χ1n) is 13.7. The molecule has 1 amide bonds. The van der Waals surface area contributed by atoms with Crippen molar-refractivity contribution in [2.45, 2.75) is 51.5 Å². The van der Waals surface area contributed by atoms with E-state index in [0.29, 0.717) is 47.5 Å². The van der Waals surface area contributed by atoms with Gasteiger partial charge in [-0.1, -0.05) is 23.2 Å². The van der Waals surface area contributed by atoms with E-state index in [-0.39, 0.29) is 28.0 Å². The number of benzene rings is 2. The molecule has 2 aromatic carbocycles. The monoisotopic (exact) mass is 556 g/mol. The van der Waals surface area contributed by atoms with Gasteiger partial charge < -0.3 is 15.1 Å². The number of anilines is 2. The highest BCUT2D eigenvalue weighted by molar-refractivity contribution is 6.42. The van der Waals surface area contributed by atoms with Gasteiger partial charge in [-0.2, -0.15) is 0 Å². The zero-order valence-corrected chi connectivity index (χ0v) is 23.2. The normalized spacial score (nSPS) is 28.9. The topological polar surface area (TPSA) is 78.7 Å². The lowest BCUT2D eigenvalue weighted by atomic mass is 9.48. The summed E-state index contributed by atoms with van der Waals surface area (Å²) in [5.41, 5.74) is 2.43. The van der Waals surface area contributed by atoms with Crippen molar-refractivity contribution < 1.29 is 9.72 Å². The maximum absolute atomic E-state index is 13.0. The Balaban J connectivity index is 1.16. The number of carbonyl (C=O) groups excluding carboxylic acids is 1. The van der Waals surface area contributed by atoms with Gasteiger partial charge in [0.15, 0.2) is 0 Å². The van der Waals surface area contributed by atoms with Gasteiger partial charge in [-0.3, -0.25) is 14.9 Å². The molecular formula is C29H34Cl2N4O3. The number of nitro groups is 1. The first-order valence-corrected chi connectivity index (χ1v) is 14.5. The molecule has 0 radical (unpaired) electrons. The Hall–Kier alpha value is -2.51. The molecule has 1 saturated heterocycles. The number of nitro benzene ring substituents is 1. The smallest absolute Gasteiger partial charge is 0.292 e. The summed E-state index contributed by atoms with van der Waals surface area (Å²) < 4.78 is 0. The molecule has 5 aliphatic rings. The molecule has 4 bridgehead atoms. The molecule has 2 aromatic rings. The second-order valence-corrected chi connectivity index (χ2v) is 12.8. The van der Waals surface area contributed by atoms with E-state index < -0.39 is 0 Å². The highest BCUT2D eigenvalue weighted by atomic mass is 35.5. The van der Waals surface area contributed by atoms with E-state index in [1.807, 2.05) is 17.0 Å². The summed E-state index contributed by atoms with van der Waals surface area (Å²) in [4.78, 5) is 28.6. The molecule has 1 atom stereocenters. The molecule has 7 rings (SSSR count). The van der Waals surface area contributed by atoms with Gasteiger partial charge in [0.05, 0.1) is 15.0 Å². The molecule has 4 aliphatic carbocycles. The molecule has 38 heavy (non-hydrogen) atoms. The Morgan fingerprint density at radius 3 is 2.18 bits per heavy atom. The Kier molecular flexibility index (Phi) is 6.71. The fourth-order valence-electron chi connectivity index (χ4n) is 8.07. The van der Waals surface area contributed by atoms with E-state index >= 15 is 0 Å². The Morgan fingerprint density at radius 2 is 1.61 bits per heavy atom. The van der Waals surface area contributed by atoms with E-state index in [2.05, 4.69) is 17.1 Å². The second-order valence-electron chi connectivity index (χ2n) is 12.0. The van der Waals surface area contributed by atoms with Crippen molar-refractivity contribution in [2.24, 2.45) is 23.2 Å². The molecule has 1 heterocycles. The average molecular weight is 558 g/mol. The molecule has 202 valence electrons. The Morgan fingerprint density at radius 1 is 0.974 bits per heavy atom. The predicted molar refractivity (Wildman–Crippen MR) is 151 cm³/mol. The quantitative estimate of drug-likeness (QED) is 0.310. The van der Waals surface area contributed by atoms with Crippen LogP contribution in [0.15, 0.2) is 36.4 Å². The van der Waals surface area contributed by atoms with Crippen molar-refractivity contribution in [3.63, 3.8) is 0 Å². The number of hydrogen-bond acceptors (Lipinski definition) is 5. The SMILES string of the molecule is C[C@@H](Nc1cc(N2CCN(C(=O)c3ccc(Cl)c(Cl)c3)CC2)ccc1[N+](=O)[O-])C12CC3CC(CC(C3)C1)C2. The molecule has 0 spiro atoms. The van der Waals surface area contributed by atoms with Gasteiger partial charge in [0.25, 0.3) is 11.6 Å². The van der Waals surface area contributed by atoms with Gasteiger partial charge in [-0.05, 0) is 98.9 Å². The number of nitrogens with zero attached hydrogens (tertiary/aromatic N) is 3. The van der Waals surface area contributed by atoms with Crippen molar-refractivity contribution in [2.75, 3.05) is 36.4 Å². The van der Waals surface area contributed by atoms with E-state index in [1.54, 1.807) is 24.3 Å². The molecule has 0 aromatic heterocycles. The first-order chi connectivity index (χ1) is 18.2. The number of halogens is 2. The van der Waals surface area contributed by atoms with E-state index in [9.17, 15) is 14.9 Å². The van der Waals surface area contributed by atoms with Crippen LogP contribution in [0.3, 0.4) is 0 Å². The van der Waals surface area contributed by atoms with Crippen LogP contribution in [0.5, 0.6) is 0 Å². The highest BCUT2D eigenvalue weighted by Gasteiger charge is 2.53. The van der Waals surface area contributed by atoms with Crippen LogP contribution >= 0.6 is 23.2 Å². The van der Waals surface area contributed by atoms with Crippen LogP contribution in [0.1, 0.15) is 55.8 Å². The van der Waals surface area contributed by atoms with Gasteiger partial charge in [0.2, 0.25) is 0 Å². The van der Waals surface area contributed by atoms with Crippen molar-refractivity contribution in [3.05, 3.63) is 62.1 Å². The minimum atomic E-state index is -0.285. The average Bonchev–Trinajstić information content (AvgIpc) is 2.89. The number of hydrogen-bond donors (Lipinski definition) is 1. The number of piperazine rings is 1. The third kappa shape index (κ3) is 4.73. The van der Waals surface area contributed by atoms with Crippen LogP contribution in [0.4, 0.5) is 17.1 Å². The summed E-state index contributed by atoms with van der Waals surface area (Å²) in [6, 6.07) is 10.5. The molecule has 1 N–H and O–H groups in total. The number of rotatable bonds is 6. The zero-order valence-electron chi connectivity index (χ0n) is 21.7. The number of amides is 1. The van der Waals surface area contributed by atoms with Gasteiger partial charge in [-0.25, -0.2) is 0 Å². The Bertz CT molecular complexity index is 1230. The zero-order chi connectivity index (χ0) is 26.6. The molecular weight excluding hydrogens is 523 g/mol. The largest absolute Gasteiger partial charge is 0.376 e. The maximum Gasteiger partial charge on any atom is 0.292 e. The summed E-state index contributed by atoms with van der Waals surface area (Å²) in [7, 11) is 0. The fourth-order valence-corrected chi connectivity index (χ4v) is 8.37. The van der Waals surface area contributed by atoms with E-state index in [1.165, 1.54) is 38.5 Å². The lowest BCUT2D eigenvalue weighted by Gasteiger charge is -2.59. The van der Waals surface area contributed by atoms with Crippen molar-refractivity contribution in [1.29, 1.82) is 0 Å². The minimum Gasteiger partial charge on any atom is -0.376 e. The summed E-state index contributed by atoms with van der Waals surface area (Å²) in [5, 5.41) is 16.3. The lowest BCUT2D eigenvalue weighted by molar-refractivity contribution is -0.384. The fraction of sp³-hybridized carbons (Fsp3) is 0.552. The van der Waals surface area contributed by atoms with Crippen LogP contribution < -0.4 is 10.2 Å². The summed E-state index contributed by atoms with van der Waals surface area (Å²) in [5.74, 6) is 2.41. The predicted octanol–water partition coefficient (Wildman–Crippen LogP) is 6.88. The molecule has 9 heteroatoms. The van der Waals surface area contributed by atoms with Crippen LogP contribution in [0, 0.1) is 33.3 Å². The molecule has 1 aliphatic heterocycles. The van der Waals surface area contributed by atoms with Gasteiger partial charge in [-0.15, -0.1) is 0 Å². The third-order valence-electron chi connectivity index (χ3n) is 9.65. The van der Waals surface area contributed by atoms with Gasteiger partial charge >= 0.3 is 0 Å². The first kappa shape index (κ1) is 25.8. The Labute approximate surface area is 233 Å². The standard InChI is InChI=1S/C29H34Cl2N4O3/c1-18(29-15-19-10-20(16-29)12-21(11-19)17-29)32-26-14-23(3-5-27(26)35(37)38)33-6-8-34(9-7-33)28(36)22-2-4-24(30)25(31)13-22/h2-5,13-14,18-21,32H,6-12,15-17H2,1H3/t18-,19?,20?,21?,29?/m1/s1.